The molecule has 1 heterocycles. The van der Waals surface area contributed by atoms with Crippen LogP contribution in [0.3, 0.4) is 0 Å². The Bertz CT molecular complexity index is 504. The number of aliphatic carboxylic acids is 1. The average molecular weight is 236 g/mol. The fraction of sp³-hybridized carbons (Fsp3) is 0.273. The van der Waals surface area contributed by atoms with E-state index in [-0.39, 0.29) is 12.3 Å². The summed E-state index contributed by atoms with van der Waals surface area (Å²) in [6, 6.07) is 6.07. The van der Waals surface area contributed by atoms with Gasteiger partial charge in [0.05, 0.1) is 6.42 Å². The van der Waals surface area contributed by atoms with Crippen molar-refractivity contribution in [3.05, 3.63) is 30.2 Å². The predicted molar refractivity (Wildman–Crippen MR) is 59.2 cm³/mol. The summed E-state index contributed by atoms with van der Waals surface area (Å²) >= 11 is 0. The molecular formula is C11H12N2O4. The summed E-state index contributed by atoms with van der Waals surface area (Å²) in [6.45, 7) is 0. The Hall–Kier alpha value is -1.92. The van der Waals surface area contributed by atoms with Gasteiger partial charge in [-0.25, -0.2) is 4.98 Å². The third kappa shape index (κ3) is 2.43. The van der Waals surface area contributed by atoms with Gasteiger partial charge in [-0.1, -0.05) is 12.1 Å². The molecule has 90 valence electrons. The molecule has 0 radical (unpaired) electrons. The largest absolute Gasteiger partial charge is 0.481 e. The maximum absolute atomic E-state index is 10.5. The first-order valence-electron chi connectivity index (χ1n) is 5.09. The zero-order chi connectivity index (χ0) is 12.4. The maximum atomic E-state index is 10.5. The van der Waals surface area contributed by atoms with Crippen molar-refractivity contribution in [2.45, 2.75) is 18.6 Å². The molecular weight excluding hydrogens is 224 g/mol. The van der Waals surface area contributed by atoms with Crippen LogP contribution in [0.25, 0.3) is 11.1 Å². The molecule has 0 saturated carbocycles. The number of oxazole rings is 1. The van der Waals surface area contributed by atoms with Crippen LogP contribution >= 0.6 is 0 Å². The van der Waals surface area contributed by atoms with E-state index in [2.05, 4.69) is 4.98 Å². The molecule has 17 heavy (non-hydrogen) atoms. The molecule has 1 aromatic heterocycles. The minimum Gasteiger partial charge on any atom is -0.481 e. The molecule has 2 rings (SSSR count). The number of benzene rings is 1. The number of carboxylic acid groups (broad SMARTS) is 1. The van der Waals surface area contributed by atoms with E-state index in [1.54, 1.807) is 24.3 Å². The number of fused-ring (bicyclic) bond motifs is 1. The second-order valence-electron chi connectivity index (χ2n) is 3.73. The summed E-state index contributed by atoms with van der Waals surface area (Å²) in [5.41, 5.74) is 6.67. The fourth-order valence-corrected chi connectivity index (χ4v) is 1.51. The summed E-state index contributed by atoms with van der Waals surface area (Å²) in [7, 11) is 0. The van der Waals surface area contributed by atoms with Crippen molar-refractivity contribution in [1.82, 2.24) is 4.98 Å². The Balaban J connectivity index is 2.24. The number of nitrogens with two attached hydrogens (primary N) is 1. The van der Waals surface area contributed by atoms with Crippen LogP contribution in [0.1, 0.15) is 18.4 Å². The topological polar surface area (TPSA) is 110 Å². The molecule has 2 aromatic rings. The van der Waals surface area contributed by atoms with Gasteiger partial charge in [-0.15, -0.1) is 0 Å². The molecule has 0 amide bonds. The lowest BCUT2D eigenvalue weighted by Gasteiger charge is -2.12. The molecule has 0 fully saturated rings. The zero-order valence-electron chi connectivity index (χ0n) is 8.91. The average Bonchev–Trinajstić information content (AvgIpc) is 2.70. The van der Waals surface area contributed by atoms with Crippen molar-refractivity contribution in [3.8, 4) is 0 Å². The summed E-state index contributed by atoms with van der Waals surface area (Å²) in [5.74, 6) is -1.03. The quantitative estimate of drug-likeness (QED) is 0.719. The zero-order valence-corrected chi connectivity index (χ0v) is 8.91. The number of aliphatic hydroxyl groups is 1. The number of para-hydroxylation sites is 2. The third-order valence-corrected chi connectivity index (χ3v) is 2.38. The van der Waals surface area contributed by atoms with Gasteiger partial charge in [0.15, 0.2) is 5.58 Å². The Kier molecular flexibility index (Phi) is 3.08. The van der Waals surface area contributed by atoms with Crippen LogP contribution in [-0.2, 0) is 4.79 Å². The van der Waals surface area contributed by atoms with E-state index in [9.17, 15) is 9.90 Å². The molecule has 2 unspecified atom stereocenters. The molecule has 2 atom stereocenters. The highest BCUT2D eigenvalue weighted by atomic mass is 16.4. The van der Waals surface area contributed by atoms with Crippen molar-refractivity contribution >= 4 is 17.1 Å². The molecule has 6 heteroatoms. The van der Waals surface area contributed by atoms with E-state index >= 15 is 0 Å². The molecule has 1 aromatic carbocycles. The fourth-order valence-electron chi connectivity index (χ4n) is 1.51. The van der Waals surface area contributed by atoms with Gasteiger partial charge >= 0.3 is 5.97 Å². The number of carboxylic acids is 1. The van der Waals surface area contributed by atoms with Gasteiger partial charge in [-0.05, 0) is 12.1 Å². The smallest absolute Gasteiger partial charge is 0.305 e. The monoisotopic (exact) mass is 236 g/mol. The van der Waals surface area contributed by atoms with E-state index in [4.69, 9.17) is 15.3 Å². The minimum atomic E-state index is -1.22. The highest BCUT2D eigenvalue weighted by molar-refractivity contribution is 5.72. The molecule has 0 saturated heterocycles. The van der Waals surface area contributed by atoms with Crippen LogP contribution in [0, 0.1) is 0 Å². The van der Waals surface area contributed by atoms with E-state index in [1.165, 1.54) is 0 Å². The van der Waals surface area contributed by atoms with Crippen LogP contribution < -0.4 is 5.73 Å². The number of hydrogen-bond acceptors (Lipinski definition) is 5. The third-order valence-electron chi connectivity index (χ3n) is 2.38. The summed E-state index contributed by atoms with van der Waals surface area (Å²) in [4.78, 5) is 14.5. The first kappa shape index (κ1) is 11.6. The van der Waals surface area contributed by atoms with E-state index in [0.717, 1.165) is 0 Å². The molecule has 0 spiro atoms. The Morgan fingerprint density at radius 3 is 2.82 bits per heavy atom. The molecule has 0 bridgehead atoms. The van der Waals surface area contributed by atoms with Crippen LogP contribution in [0.15, 0.2) is 28.7 Å². The van der Waals surface area contributed by atoms with Gasteiger partial charge in [-0.2, -0.15) is 0 Å². The lowest BCUT2D eigenvalue weighted by Crippen LogP contribution is -2.31. The van der Waals surface area contributed by atoms with Crippen molar-refractivity contribution in [2.24, 2.45) is 5.73 Å². The molecule has 6 nitrogen and oxygen atoms in total. The lowest BCUT2D eigenvalue weighted by molar-refractivity contribution is -0.138. The lowest BCUT2D eigenvalue weighted by atomic mass is 10.1. The summed E-state index contributed by atoms with van der Waals surface area (Å²) < 4.78 is 5.30. The van der Waals surface area contributed by atoms with Gasteiger partial charge in [-0.3, -0.25) is 4.79 Å². The maximum Gasteiger partial charge on any atom is 0.305 e. The van der Waals surface area contributed by atoms with E-state index < -0.39 is 18.1 Å². The van der Waals surface area contributed by atoms with Crippen molar-refractivity contribution in [1.29, 1.82) is 0 Å². The van der Waals surface area contributed by atoms with Crippen LogP contribution in [0.5, 0.6) is 0 Å². The van der Waals surface area contributed by atoms with Crippen LogP contribution in [0.2, 0.25) is 0 Å². The second kappa shape index (κ2) is 4.52. The normalized spacial score (nSPS) is 14.7. The number of nitrogens with zero attached hydrogens (tertiary/aromatic N) is 1. The predicted octanol–water partition coefficient (Wildman–Crippen LogP) is 0.663. The number of aliphatic hydroxyl groups excluding tert-OH is 1. The van der Waals surface area contributed by atoms with Gasteiger partial charge < -0.3 is 20.4 Å². The standard InChI is InChI=1S/C11H12N2O4/c12-6(5-9(14)15)10(16)11-13-7-3-1-2-4-8(7)17-11/h1-4,6,10,16H,5,12H2,(H,14,15). The number of rotatable bonds is 4. The van der Waals surface area contributed by atoms with Crippen LogP contribution in [0.4, 0.5) is 0 Å². The number of hydrogen-bond donors (Lipinski definition) is 3. The highest BCUT2D eigenvalue weighted by Crippen LogP contribution is 2.22. The van der Waals surface area contributed by atoms with E-state index in [0.29, 0.717) is 11.1 Å². The molecule has 4 N–H and O–H groups in total. The molecule has 0 aliphatic rings. The SMILES string of the molecule is NC(CC(=O)O)C(O)c1nc2ccccc2o1. The van der Waals surface area contributed by atoms with Gasteiger partial charge in [0.25, 0.3) is 0 Å². The second-order valence-corrected chi connectivity index (χ2v) is 3.73. The molecule has 0 aliphatic carbocycles. The number of carbonyl (C=O) groups is 1. The summed E-state index contributed by atoms with van der Waals surface area (Å²) in [5, 5.41) is 18.4. The Labute approximate surface area is 96.7 Å². The van der Waals surface area contributed by atoms with Crippen molar-refractivity contribution < 1.29 is 19.4 Å². The Morgan fingerprint density at radius 1 is 1.47 bits per heavy atom. The molecule has 0 aliphatic heterocycles. The highest BCUT2D eigenvalue weighted by Gasteiger charge is 2.24. The number of aromatic nitrogens is 1. The van der Waals surface area contributed by atoms with Gasteiger partial charge in [0.1, 0.15) is 11.6 Å². The first-order chi connectivity index (χ1) is 8.08. The van der Waals surface area contributed by atoms with Crippen molar-refractivity contribution in [3.63, 3.8) is 0 Å². The van der Waals surface area contributed by atoms with Gasteiger partial charge in [0.2, 0.25) is 5.89 Å². The summed E-state index contributed by atoms with van der Waals surface area (Å²) in [6.07, 6.45) is -1.57. The first-order valence-corrected chi connectivity index (χ1v) is 5.09. The van der Waals surface area contributed by atoms with Gasteiger partial charge in [0, 0.05) is 6.04 Å². The van der Waals surface area contributed by atoms with Crippen LogP contribution in [-0.4, -0.2) is 27.2 Å². The van der Waals surface area contributed by atoms with E-state index in [1.807, 2.05) is 0 Å². The Morgan fingerprint density at radius 2 is 2.18 bits per heavy atom. The minimum absolute atomic E-state index is 0.0416. The van der Waals surface area contributed by atoms with Crippen molar-refractivity contribution in [2.75, 3.05) is 0 Å².